The van der Waals surface area contributed by atoms with Crippen LogP contribution in [0, 0.1) is 13.8 Å². The van der Waals surface area contributed by atoms with Gasteiger partial charge in [-0.2, -0.15) is 0 Å². The van der Waals surface area contributed by atoms with Crippen LogP contribution in [0.1, 0.15) is 41.4 Å². The Morgan fingerprint density at radius 2 is 1.87 bits per heavy atom. The number of hydrogen-bond acceptors (Lipinski definition) is 3. The first-order valence-electron chi connectivity index (χ1n) is 8.06. The predicted octanol–water partition coefficient (Wildman–Crippen LogP) is 4.19. The van der Waals surface area contributed by atoms with Crippen molar-refractivity contribution in [2.75, 3.05) is 23.8 Å². The lowest BCUT2D eigenvalue weighted by Gasteiger charge is -2.19. The van der Waals surface area contributed by atoms with Crippen LogP contribution in [0.3, 0.4) is 0 Å². The molecule has 0 bridgehead atoms. The van der Waals surface area contributed by atoms with Gasteiger partial charge in [0.05, 0.1) is 0 Å². The molecule has 1 heterocycles. The van der Waals surface area contributed by atoms with E-state index in [1.807, 2.05) is 45.2 Å². The van der Waals surface area contributed by atoms with Gasteiger partial charge in [-0.3, -0.25) is 9.78 Å². The van der Waals surface area contributed by atoms with Crippen LogP contribution in [0.5, 0.6) is 0 Å². The van der Waals surface area contributed by atoms with E-state index in [1.54, 1.807) is 6.20 Å². The SMILES string of the molecule is CCCCN(C)c1ccnc(C(=O)Nc2cc(C)cc(C)c2)c1. The van der Waals surface area contributed by atoms with Crippen LogP contribution in [-0.2, 0) is 0 Å². The Hall–Kier alpha value is -2.36. The van der Waals surface area contributed by atoms with Crippen LogP contribution >= 0.6 is 0 Å². The maximum atomic E-state index is 12.4. The molecule has 0 saturated carbocycles. The summed E-state index contributed by atoms with van der Waals surface area (Å²) in [4.78, 5) is 18.8. The van der Waals surface area contributed by atoms with Gasteiger partial charge in [-0.1, -0.05) is 19.4 Å². The van der Waals surface area contributed by atoms with Crippen molar-refractivity contribution >= 4 is 17.3 Å². The number of nitrogens with one attached hydrogen (secondary N) is 1. The normalized spacial score (nSPS) is 10.4. The number of aryl methyl sites for hydroxylation is 2. The van der Waals surface area contributed by atoms with E-state index in [2.05, 4.69) is 28.2 Å². The summed E-state index contributed by atoms with van der Waals surface area (Å²) in [5.41, 5.74) is 4.51. The van der Waals surface area contributed by atoms with E-state index in [1.165, 1.54) is 0 Å². The van der Waals surface area contributed by atoms with E-state index < -0.39 is 0 Å². The topological polar surface area (TPSA) is 45.2 Å². The molecule has 0 aliphatic carbocycles. The Morgan fingerprint density at radius 3 is 2.52 bits per heavy atom. The Balaban J connectivity index is 2.13. The monoisotopic (exact) mass is 311 g/mol. The third-order valence-corrected chi connectivity index (χ3v) is 3.74. The van der Waals surface area contributed by atoms with Crippen molar-refractivity contribution in [3.63, 3.8) is 0 Å². The van der Waals surface area contributed by atoms with Gasteiger partial charge in [-0.05, 0) is 55.7 Å². The molecular formula is C19H25N3O. The second kappa shape index (κ2) is 7.77. The number of rotatable bonds is 6. The van der Waals surface area contributed by atoms with Gasteiger partial charge in [-0.25, -0.2) is 0 Å². The minimum absolute atomic E-state index is 0.180. The van der Waals surface area contributed by atoms with Crippen LogP contribution < -0.4 is 10.2 Å². The zero-order valence-corrected chi connectivity index (χ0v) is 14.4. The second-order valence-electron chi connectivity index (χ2n) is 6.00. The van der Waals surface area contributed by atoms with Crippen molar-refractivity contribution in [3.05, 3.63) is 53.3 Å². The van der Waals surface area contributed by atoms with Gasteiger partial charge in [0.2, 0.25) is 0 Å². The molecule has 1 aromatic carbocycles. The number of hydrogen-bond donors (Lipinski definition) is 1. The molecule has 1 aromatic heterocycles. The summed E-state index contributed by atoms with van der Waals surface area (Å²) in [6.07, 6.45) is 3.96. The average Bonchev–Trinajstić information content (AvgIpc) is 2.51. The van der Waals surface area contributed by atoms with E-state index in [4.69, 9.17) is 0 Å². The van der Waals surface area contributed by atoms with E-state index in [-0.39, 0.29) is 5.91 Å². The Kier molecular flexibility index (Phi) is 5.74. The predicted molar refractivity (Wildman–Crippen MR) is 96.3 cm³/mol. The number of benzene rings is 1. The van der Waals surface area contributed by atoms with Gasteiger partial charge in [0.15, 0.2) is 0 Å². The van der Waals surface area contributed by atoms with Gasteiger partial charge in [-0.15, -0.1) is 0 Å². The molecule has 1 amide bonds. The molecule has 1 N–H and O–H groups in total. The molecule has 4 heteroatoms. The second-order valence-corrected chi connectivity index (χ2v) is 6.00. The zero-order valence-electron chi connectivity index (χ0n) is 14.4. The highest BCUT2D eigenvalue weighted by atomic mass is 16.1. The fourth-order valence-electron chi connectivity index (χ4n) is 2.55. The maximum Gasteiger partial charge on any atom is 0.274 e. The smallest absolute Gasteiger partial charge is 0.274 e. The first kappa shape index (κ1) is 17.0. The van der Waals surface area contributed by atoms with Crippen molar-refractivity contribution in [3.8, 4) is 0 Å². The number of nitrogens with zero attached hydrogens (tertiary/aromatic N) is 2. The molecule has 0 aliphatic heterocycles. The summed E-state index contributed by atoms with van der Waals surface area (Å²) in [7, 11) is 2.04. The molecule has 0 fully saturated rings. The number of aromatic nitrogens is 1. The average molecular weight is 311 g/mol. The molecule has 0 radical (unpaired) electrons. The Morgan fingerprint density at radius 1 is 1.17 bits per heavy atom. The van der Waals surface area contributed by atoms with E-state index in [9.17, 15) is 4.79 Å². The van der Waals surface area contributed by atoms with Crippen LogP contribution in [0.4, 0.5) is 11.4 Å². The fourth-order valence-corrected chi connectivity index (χ4v) is 2.55. The third-order valence-electron chi connectivity index (χ3n) is 3.74. The lowest BCUT2D eigenvalue weighted by molar-refractivity contribution is 0.102. The number of pyridine rings is 1. The van der Waals surface area contributed by atoms with E-state index in [0.717, 1.165) is 41.9 Å². The fraction of sp³-hybridized carbons (Fsp3) is 0.368. The minimum Gasteiger partial charge on any atom is -0.374 e. The molecule has 0 spiro atoms. The molecule has 122 valence electrons. The van der Waals surface area contributed by atoms with Gasteiger partial charge < -0.3 is 10.2 Å². The van der Waals surface area contributed by atoms with Gasteiger partial charge in [0.1, 0.15) is 5.69 Å². The van der Waals surface area contributed by atoms with Crippen LogP contribution in [0.15, 0.2) is 36.5 Å². The molecule has 4 nitrogen and oxygen atoms in total. The quantitative estimate of drug-likeness (QED) is 0.870. The highest BCUT2D eigenvalue weighted by Crippen LogP contribution is 2.17. The van der Waals surface area contributed by atoms with Crippen molar-refractivity contribution in [1.29, 1.82) is 0 Å². The first-order valence-corrected chi connectivity index (χ1v) is 8.06. The molecule has 23 heavy (non-hydrogen) atoms. The number of carbonyl (C=O) groups excluding carboxylic acids is 1. The van der Waals surface area contributed by atoms with Gasteiger partial charge in [0, 0.05) is 31.2 Å². The van der Waals surface area contributed by atoms with Crippen LogP contribution in [0.25, 0.3) is 0 Å². The Bertz CT molecular complexity index is 662. The van der Waals surface area contributed by atoms with Crippen LogP contribution in [-0.4, -0.2) is 24.5 Å². The summed E-state index contributed by atoms with van der Waals surface area (Å²) < 4.78 is 0. The molecule has 0 aliphatic rings. The first-order chi connectivity index (χ1) is 11.0. The highest BCUT2D eigenvalue weighted by molar-refractivity contribution is 6.03. The molecule has 0 atom stereocenters. The molecule has 2 rings (SSSR count). The van der Waals surface area contributed by atoms with E-state index >= 15 is 0 Å². The van der Waals surface area contributed by atoms with Crippen molar-refractivity contribution in [2.45, 2.75) is 33.6 Å². The molecule has 0 saturated heterocycles. The lowest BCUT2D eigenvalue weighted by atomic mass is 10.1. The molecule has 2 aromatic rings. The summed E-state index contributed by atoms with van der Waals surface area (Å²) in [5, 5.41) is 2.93. The number of carbonyl (C=O) groups is 1. The summed E-state index contributed by atoms with van der Waals surface area (Å²) in [6, 6.07) is 9.78. The third kappa shape index (κ3) is 4.81. The maximum absolute atomic E-state index is 12.4. The largest absolute Gasteiger partial charge is 0.374 e. The highest BCUT2D eigenvalue weighted by Gasteiger charge is 2.10. The number of amides is 1. The molecular weight excluding hydrogens is 286 g/mol. The van der Waals surface area contributed by atoms with E-state index in [0.29, 0.717) is 5.69 Å². The summed E-state index contributed by atoms with van der Waals surface area (Å²) in [5.74, 6) is -0.180. The van der Waals surface area contributed by atoms with Gasteiger partial charge >= 0.3 is 0 Å². The zero-order chi connectivity index (χ0) is 16.8. The number of anilines is 2. The summed E-state index contributed by atoms with van der Waals surface area (Å²) >= 11 is 0. The standard InChI is InChI=1S/C19H25N3O/c1-5-6-9-22(4)17-7-8-20-18(13-17)19(23)21-16-11-14(2)10-15(3)12-16/h7-8,10-13H,5-6,9H2,1-4H3,(H,21,23). The van der Waals surface area contributed by atoms with Crippen molar-refractivity contribution in [1.82, 2.24) is 4.98 Å². The minimum atomic E-state index is -0.180. The number of unbranched alkanes of at least 4 members (excludes halogenated alkanes) is 1. The summed E-state index contributed by atoms with van der Waals surface area (Å²) in [6.45, 7) is 7.18. The van der Waals surface area contributed by atoms with Crippen LogP contribution in [0.2, 0.25) is 0 Å². The Labute approximate surface area is 138 Å². The molecule has 0 unspecified atom stereocenters. The van der Waals surface area contributed by atoms with Gasteiger partial charge in [0.25, 0.3) is 5.91 Å². The lowest BCUT2D eigenvalue weighted by Crippen LogP contribution is -2.20. The van der Waals surface area contributed by atoms with Crippen molar-refractivity contribution < 1.29 is 4.79 Å². The van der Waals surface area contributed by atoms with Crippen molar-refractivity contribution in [2.24, 2.45) is 0 Å².